The van der Waals surface area contributed by atoms with Gasteiger partial charge in [0, 0.05) is 6.21 Å². The summed E-state index contributed by atoms with van der Waals surface area (Å²) >= 11 is 0. The normalized spacial score (nSPS) is 11.3. The first-order valence-corrected chi connectivity index (χ1v) is 13.7. The minimum Gasteiger partial charge on any atom is -0.494 e. The third-order valence-corrected chi connectivity index (χ3v) is 6.22. The molecular weight excluding hydrogens is 402 g/mol. The van der Waals surface area contributed by atoms with Gasteiger partial charge in [0.15, 0.2) is 0 Å². The maximum Gasteiger partial charge on any atom is 0.119 e. The molecular formula is C31H47NO. The fraction of sp³-hybridized carbons (Fsp3) is 0.581. The number of aliphatic imine (C=N–C) groups is 1. The first-order chi connectivity index (χ1) is 16.3. The number of unbranched alkanes of at least 4 members (excludes halogenated alkanes) is 12. The Kier molecular flexibility index (Phi) is 15.1. The van der Waals surface area contributed by atoms with E-state index in [0.29, 0.717) is 0 Å². The van der Waals surface area contributed by atoms with Crippen LogP contribution in [0.25, 0.3) is 0 Å². The zero-order chi connectivity index (χ0) is 23.4. The maximum atomic E-state index is 5.63. The minimum absolute atomic E-state index is 0.763. The molecule has 0 fully saturated rings. The quantitative estimate of drug-likeness (QED) is 0.154. The second-order valence-corrected chi connectivity index (χ2v) is 9.33. The Balaban J connectivity index is 1.52. The molecule has 0 N–H and O–H groups in total. The number of hydrogen-bond donors (Lipinski definition) is 0. The highest BCUT2D eigenvalue weighted by atomic mass is 16.5. The molecule has 0 amide bonds. The summed E-state index contributed by atoms with van der Waals surface area (Å²) in [6.07, 6.45) is 22.5. The molecule has 2 aromatic rings. The van der Waals surface area contributed by atoms with E-state index >= 15 is 0 Å². The van der Waals surface area contributed by atoms with Gasteiger partial charge in [0.25, 0.3) is 0 Å². The van der Waals surface area contributed by atoms with E-state index in [4.69, 9.17) is 4.74 Å². The van der Waals surface area contributed by atoms with E-state index in [2.05, 4.69) is 55.2 Å². The van der Waals surface area contributed by atoms with Gasteiger partial charge in [-0.2, -0.15) is 0 Å². The van der Waals surface area contributed by atoms with Crippen molar-refractivity contribution < 1.29 is 4.74 Å². The van der Waals surface area contributed by atoms with Crippen molar-refractivity contribution in [2.45, 2.75) is 110 Å². The lowest BCUT2D eigenvalue weighted by atomic mass is 10.0. The fourth-order valence-electron chi connectivity index (χ4n) is 4.11. The first kappa shape index (κ1) is 27.2. The largest absolute Gasteiger partial charge is 0.494 e. The molecule has 0 aliphatic carbocycles. The minimum atomic E-state index is 0.763. The highest BCUT2D eigenvalue weighted by Gasteiger charge is 1.97. The molecule has 0 aromatic heterocycles. The van der Waals surface area contributed by atoms with Crippen LogP contribution < -0.4 is 4.74 Å². The molecule has 0 saturated carbocycles. The van der Waals surface area contributed by atoms with Gasteiger partial charge in [-0.15, -0.1) is 0 Å². The van der Waals surface area contributed by atoms with Gasteiger partial charge in [0.2, 0.25) is 0 Å². The van der Waals surface area contributed by atoms with Crippen molar-refractivity contribution in [1.82, 2.24) is 0 Å². The SMILES string of the molecule is CCCCCCCCCCCCCCCc1ccc(N=Cc2ccc(OCCC)cc2)cc1. The highest BCUT2D eigenvalue weighted by molar-refractivity contribution is 5.82. The zero-order valence-electron chi connectivity index (χ0n) is 21.4. The maximum absolute atomic E-state index is 5.63. The summed E-state index contributed by atoms with van der Waals surface area (Å²) in [5.74, 6) is 0.923. The summed E-state index contributed by atoms with van der Waals surface area (Å²) in [5, 5.41) is 0. The fourth-order valence-corrected chi connectivity index (χ4v) is 4.11. The number of ether oxygens (including phenoxy) is 1. The Labute approximate surface area is 203 Å². The Hall–Kier alpha value is -2.09. The number of aryl methyl sites for hydroxylation is 1. The van der Waals surface area contributed by atoms with E-state index < -0.39 is 0 Å². The highest BCUT2D eigenvalue weighted by Crippen LogP contribution is 2.17. The van der Waals surface area contributed by atoms with Crippen LogP contribution in [0.15, 0.2) is 53.5 Å². The van der Waals surface area contributed by atoms with Crippen LogP contribution in [0.2, 0.25) is 0 Å². The van der Waals surface area contributed by atoms with E-state index in [1.807, 2.05) is 18.3 Å². The lowest BCUT2D eigenvalue weighted by molar-refractivity contribution is 0.317. The predicted octanol–water partition coefficient (Wildman–Crippen LogP) is 9.86. The van der Waals surface area contributed by atoms with Gasteiger partial charge in [-0.3, -0.25) is 4.99 Å². The molecule has 2 nitrogen and oxygen atoms in total. The second kappa shape index (κ2) is 18.3. The molecule has 0 aliphatic rings. The molecule has 2 rings (SSSR count). The average Bonchev–Trinajstić information content (AvgIpc) is 2.85. The molecule has 0 radical (unpaired) electrons. The molecule has 0 spiro atoms. The van der Waals surface area contributed by atoms with Gasteiger partial charge >= 0.3 is 0 Å². The van der Waals surface area contributed by atoms with E-state index in [0.717, 1.165) is 30.0 Å². The Morgan fingerprint density at radius 2 is 1.15 bits per heavy atom. The van der Waals surface area contributed by atoms with Crippen LogP contribution in [0.3, 0.4) is 0 Å². The number of hydrogen-bond acceptors (Lipinski definition) is 2. The van der Waals surface area contributed by atoms with E-state index in [1.54, 1.807) is 0 Å². The number of rotatable bonds is 19. The van der Waals surface area contributed by atoms with E-state index in [9.17, 15) is 0 Å². The molecule has 0 atom stereocenters. The van der Waals surface area contributed by atoms with Gasteiger partial charge in [0.1, 0.15) is 5.75 Å². The van der Waals surface area contributed by atoms with Gasteiger partial charge < -0.3 is 4.74 Å². The molecule has 0 bridgehead atoms. The lowest BCUT2D eigenvalue weighted by Crippen LogP contribution is -1.94. The number of benzene rings is 2. The van der Waals surface area contributed by atoms with Gasteiger partial charge in [-0.25, -0.2) is 0 Å². The van der Waals surface area contributed by atoms with Gasteiger partial charge in [-0.1, -0.05) is 103 Å². The third-order valence-electron chi connectivity index (χ3n) is 6.22. The zero-order valence-corrected chi connectivity index (χ0v) is 21.4. The molecule has 0 aliphatic heterocycles. The molecule has 0 unspecified atom stereocenters. The van der Waals surface area contributed by atoms with Gasteiger partial charge in [0.05, 0.1) is 12.3 Å². The van der Waals surface area contributed by atoms with Crippen molar-refractivity contribution >= 4 is 11.9 Å². The molecule has 182 valence electrons. The summed E-state index contributed by atoms with van der Waals surface area (Å²) in [7, 11) is 0. The van der Waals surface area contributed by atoms with Crippen LogP contribution in [0.4, 0.5) is 5.69 Å². The average molecular weight is 450 g/mol. The standard InChI is InChI=1S/C31H47NO/c1-3-5-6-7-8-9-10-11-12-13-14-15-16-17-28-18-22-30(23-19-28)32-27-29-20-24-31(25-21-29)33-26-4-2/h18-25,27H,3-17,26H2,1-2H3. The van der Waals surface area contributed by atoms with Gasteiger partial charge in [-0.05, 0) is 66.8 Å². The molecule has 2 heteroatoms. The predicted molar refractivity (Wildman–Crippen MR) is 145 cm³/mol. The Morgan fingerprint density at radius 3 is 1.70 bits per heavy atom. The van der Waals surface area contributed by atoms with Crippen LogP contribution in [-0.4, -0.2) is 12.8 Å². The smallest absolute Gasteiger partial charge is 0.119 e. The third kappa shape index (κ3) is 13.3. The molecule has 33 heavy (non-hydrogen) atoms. The molecule has 0 heterocycles. The monoisotopic (exact) mass is 449 g/mol. The van der Waals surface area contributed by atoms with Crippen molar-refractivity contribution in [2.24, 2.45) is 4.99 Å². The topological polar surface area (TPSA) is 21.6 Å². The Morgan fingerprint density at radius 1 is 0.606 bits per heavy atom. The van der Waals surface area contributed by atoms with Crippen LogP contribution in [0, 0.1) is 0 Å². The van der Waals surface area contributed by atoms with Crippen LogP contribution >= 0.6 is 0 Å². The van der Waals surface area contributed by atoms with Crippen LogP contribution in [0.5, 0.6) is 5.75 Å². The summed E-state index contributed by atoms with van der Waals surface area (Å²) in [6.45, 7) is 5.17. The lowest BCUT2D eigenvalue weighted by Gasteiger charge is -2.04. The van der Waals surface area contributed by atoms with Crippen molar-refractivity contribution in [3.8, 4) is 5.75 Å². The summed E-state index contributed by atoms with van der Waals surface area (Å²) in [6, 6.07) is 16.9. The first-order valence-electron chi connectivity index (χ1n) is 13.7. The summed E-state index contributed by atoms with van der Waals surface area (Å²) in [4.78, 5) is 4.61. The van der Waals surface area contributed by atoms with Crippen molar-refractivity contribution in [1.29, 1.82) is 0 Å². The van der Waals surface area contributed by atoms with Crippen LogP contribution in [-0.2, 0) is 6.42 Å². The van der Waals surface area contributed by atoms with Crippen molar-refractivity contribution in [3.05, 3.63) is 59.7 Å². The summed E-state index contributed by atoms with van der Waals surface area (Å²) < 4.78 is 5.63. The number of nitrogens with zero attached hydrogens (tertiary/aromatic N) is 1. The van der Waals surface area contributed by atoms with Crippen LogP contribution in [0.1, 0.15) is 115 Å². The molecule has 2 aromatic carbocycles. The van der Waals surface area contributed by atoms with Crippen molar-refractivity contribution in [3.63, 3.8) is 0 Å². The summed E-state index contributed by atoms with van der Waals surface area (Å²) in [5.41, 5.74) is 3.53. The van der Waals surface area contributed by atoms with E-state index in [1.165, 1.54) is 95.5 Å². The van der Waals surface area contributed by atoms with Crippen molar-refractivity contribution in [2.75, 3.05) is 6.61 Å². The Bertz CT molecular complexity index is 733. The van der Waals surface area contributed by atoms with E-state index in [-0.39, 0.29) is 0 Å². The molecule has 0 saturated heterocycles. The second-order valence-electron chi connectivity index (χ2n) is 9.33.